The molecule has 0 bridgehead atoms. The highest BCUT2D eigenvalue weighted by Gasteiger charge is 2.39. The van der Waals surface area contributed by atoms with Gasteiger partial charge in [0.25, 0.3) is 0 Å². The van der Waals surface area contributed by atoms with Gasteiger partial charge in [0.1, 0.15) is 0 Å². The Balaban J connectivity index is 1.46. The topological polar surface area (TPSA) is 50.3 Å². The van der Waals surface area contributed by atoms with Crippen LogP contribution in [0.1, 0.15) is 70.4 Å². The number of benzene rings is 1. The molecule has 28 heavy (non-hydrogen) atoms. The van der Waals surface area contributed by atoms with Crippen LogP contribution >= 0.6 is 0 Å². The predicted molar refractivity (Wildman–Crippen MR) is 114 cm³/mol. The van der Waals surface area contributed by atoms with Crippen LogP contribution in [0.2, 0.25) is 0 Å². The second-order valence-electron chi connectivity index (χ2n) is 9.13. The number of H-pyrrole nitrogens is 1. The largest absolute Gasteiger partial charge is 0.378 e. The Hall–Kier alpha value is -1.59. The van der Waals surface area contributed by atoms with E-state index in [2.05, 4.69) is 42.8 Å². The number of nitrogens with zero attached hydrogens (tertiary/aromatic N) is 2. The van der Waals surface area contributed by atoms with Gasteiger partial charge in [0, 0.05) is 31.3 Å². The summed E-state index contributed by atoms with van der Waals surface area (Å²) in [5.41, 5.74) is 3.48. The van der Waals surface area contributed by atoms with Crippen LogP contribution in [0.25, 0.3) is 11.0 Å². The molecule has 2 heterocycles. The van der Waals surface area contributed by atoms with Gasteiger partial charge in [-0.1, -0.05) is 13.0 Å². The predicted octanol–water partition coefficient (Wildman–Crippen LogP) is 4.40. The smallest absolute Gasteiger partial charge is 0.326 e. The van der Waals surface area contributed by atoms with Crippen molar-refractivity contribution in [3.8, 4) is 0 Å². The minimum atomic E-state index is 0.0379. The highest BCUT2D eigenvalue weighted by Crippen LogP contribution is 2.38. The molecule has 0 unspecified atom stereocenters. The molecule has 2 aliphatic rings. The van der Waals surface area contributed by atoms with Gasteiger partial charge in [-0.05, 0) is 76.5 Å². The highest BCUT2D eigenvalue weighted by molar-refractivity contribution is 5.76. The van der Waals surface area contributed by atoms with Crippen molar-refractivity contribution in [2.75, 3.05) is 19.7 Å². The molecule has 1 N–H and O–H groups in total. The zero-order chi connectivity index (χ0) is 19.7. The summed E-state index contributed by atoms with van der Waals surface area (Å²) in [6.45, 7) is 9.70. The van der Waals surface area contributed by atoms with E-state index in [0.717, 1.165) is 56.4 Å². The number of ether oxygens (including phenoxy) is 1. The van der Waals surface area contributed by atoms with Crippen LogP contribution in [0.4, 0.5) is 0 Å². The van der Waals surface area contributed by atoms with Crippen LogP contribution in [0.5, 0.6) is 0 Å². The van der Waals surface area contributed by atoms with E-state index in [1.54, 1.807) is 0 Å². The monoisotopic (exact) mass is 385 g/mol. The summed E-state index contributed by atoms with van der Waals surface area (Å²) in [6, 6.07) is 6.51. The van der Waals surface area contributed by atoms with Gasteiger partial charge in [-0.25, -0.2) is 4.79 Å². The van der Waals surface area contributed by atoms with Crippen LogP contribution in [0, 0.1) is 6.92 Å². The molecular formula is C23H35N3O2. The van der Waals surface area contributed by atoms with Crippen molar-refractivity contribution in [1.29, 1.82) is 0 Å². The Morgan fingerprint density at radius 3 is 2.79 bits per heavy atom. The minimum absolute atomic E-state index is 0.0379. The van der Waals surface area contributed by atoms with Crippen molar-refractivity contribution < 1.29 is 4.74 Å². The lowest BCUT2D eigenvalue weighted by Gasteiger charge is -2.49. The number of likely N-dealkylation sites (tertiary alicyclic amines) is 1. The van der Waals surface area contributed by atoms with E-state index in [1.807, 2.05) is 10.6 Å². The van der Waals surface area contributed by atoms with Gasteiger partial charge in [0.2, 0.25) is 0 Å². The molecule has 1 saturated carbocycles. The quantitative estimate of drug-likeness (QED) is 0.830. The Kier molecular flexibility index (Phi) is 5.66. The Morgan fingerprint density at radius 1 is 1.25 bits per heavy atom. The first-order valence-electron chi connectivity index (χ1n) is 11.1. The zero-order valence-electron chi connectivity index (χ0n) is 17.7. The number of aryl methyl sites for hydroxylation is 1. The lowest BCUT2D eigenvalue weighted by Crippen LogP contribution is -2.54. The lowest BCUT2D eigenvalue weighted by molar-refractivity contribution is -0.0448. The van der Waals surface area contributed by atoms with E-state index in [4.69, 9.17) is 4.74 Å². The average molecular weight is 386 g/mol. The van der Waals surface area contributed by atoms with Gasteiger partial charge in [-0.3, -0.25) is 9.47 Å². The first kappa shape index (κ1) is 19.7. The number of nitrogens with one attached hydrogen (secondary N) is 1. The molecule has 154 valence electrons. The minimum Gasteiger partial charge on any atom is -0.378 e. The summed E-state index contributed by atoms with van der Waals surface area (Å²) in [7, 11) is 0. The van der Waals surface area contributed by atoms with Crippen molar-refractivity contribution in [3.05, 3.63) is 34.2 Å². The number of hydrogen-bond donors (Lipinski definition) is 1. The molecule has 4 rings (SSSR count). The number of piperidine rings is 1. The molecule has 2 aromatic rings. The first-order valence-corrected chi connectivity index (χ1v) is 11.1. The molecule has 0 amide bonds. The SMILES string of the molecule is CCCO[C@H]1CCC[C@@](C)(N2CCC(n3c(=O)[nH]c4ccc(C)cc43)CC2)C1. The fraction of sp³-hybridized carbons (Fsp3) is 0.696. The van der Waals surface area contributed by atoms with Crippen LogP contribution in [-0.4, -0.2) is 45.8 Å². The normalized spacial score (nSPS) is 27.5. The number of imidazole rings is 1. The Morgan fingerprint density at radius 2 is 2.04 bits per heavy atom. The molecule has 2 fully saturated rings. The second-order valence-corrected chi connectivity index (χ2v) is 9.13. The molecule has 1 aliphatic carbocycles. The first-order chi connectivity index (χ1) is 13.5. The summed E-state index contributed by atoms with van der Waals surface area (Å²) in [5.74, 6) is 0. The van der Waals surface area contributed by atoms with E-state index in [1.165, 1.54) is 24.8 Å². The van der Waals surface area contributed by atoms with Crippen molar-refractivity contribution in [2.45, 2.75) is 83.4 Å². The molecular weight excluding hydrogens is 350 g/mol. The highest BCUT2D eigenvalue weighted by atomic mass is 16.5. The molecule has 0 radical (unpaired) electrons. The molecule has 5 nitrogen and oxygen atoms in total. The van der Waals surface area contributed by atoms with E-state index in [9.17, 15) is 4.79 Å². The van der Waals surface area contributed by atoms with Crippen molar-refractivity contribution in [1.82, 2.24) is 14.5 Å². The third kappa shape index (κ3) is 3.79. The van der Waals surface area contributed by atoms with E-state index < -0.39 is 0 Å². The number of aromatic amines is 1. The number of rotatable bonds is 5. The maximum atomic E-state index is 12.6. The lowest BCUT2D eigenvalue weighted by atomic mass is 9.79. The van der Waals surface area contributed by atoms with Crippen LogP contribution in [-0.2, 0) is 4.74 Å². The van der Waals surface area contributed by atoms with Gasteiger partial charge in [0.05, 0.1) is 17.1 Å². The van der Waals surface area contributed by atoms with Crippen molar-refractivity contribution >= 4 is 11.0 Å². The average Bonchev–Trinajstić information content (AvgIpc) is 3.01. The molecule has 1 aromatic heterocycles. The van der Waals surface area contributed by atoms with Gasteiger partial charge >= 0.3 is 5.69 Å². The van der Waals surface area contributed by atoms with Gasteiger partial charge < -0.3 is 9.72 Å². The standard InChI is InChI=1S/C23H35N3O2/c1-4-14-28-19-6-5-11-23(3,16-19)25-12-9-18(10-13-25)26-21-15-17(2)7-8-20(21)24-22(26)27/h7-8,15,18-19H,4-6,9-14,16H2,1-3H3,(H,24,27)/t19-,23+/m0/s1. The van der Waals surface area contributed by atoms with Crippen molar-refractivity contribution in [2.24, 2.45) is 0 Å². The Bertz CT molecular complexity index is 862. The summed E-state index contributed by atoms with van der Waals surface area (Å²) in [4.78, 5) is 18.3. The summed E-state index contributed by atoms with van der Waals surface area (Å²) < 4.78 is 8.11. The summed E-state index contributed by atoms with van der Waals surface area (Å²) >= 11 is 0. The molecule has 1 aromatic carbocycles. The number of fused-ring (bicyclic) bond motifs is 1. The van der Waals surface area contributed by atoms with Gasteiger partial charge in [-0.2, -0.15) is 0 Å². The summed E-state index contributed by atoms with van der Waals surface area (Å²) in [5, 5.41) is 0. The maximum absolute atomic E-state index is 12.6. The zero-order valence-corrected chi connectivity index (χ0v) is 17.7. The van der Waals surface area contributed by atoms with E-state index in [-0.39, 0.29) is 11.2 Å². The van der Waals surface area contributed by atoms with Gasteiger partial charge in [-0.15, -0.1) is 0 Å². The summed E-state index contributed by atoms with van der Waals surface area (Å²) in [6.07, 6.45) is 8.45. The molecule has 1 aliphatic heterocycles. The van der Waals surface area contributed by atoms with E-state index in [0.29, 0.717) is 12.1 Å². The van der Waals surface area contributed by atoms with E-state index >= 15 is 0 Å². The number of aromatic nitrogens is 2. The third-order valence-corrected chi connectivity index (χ3v) is 6.93. The van der Waals surface area contributed by atoms with Crippen LogP contribution in [0.3, 0.4) is 0 Å². The Labute approximate surface area is 168 Å². The number of hydrogen-bond acceptors (Lipinski definition) is 3. The van der Waals surface area contributed by atoms with Crippen molar-refractivity contribution in [3.63, 3.8) is 0 Å². The maximum Gasteiger partial charge on any atom is 0.326 e. The molecule has 1 saturated heterocycles. The molecule has 2 atom stereocenters. The van der Waals surface area contributed by atoms with Crippen LogP contribution < -0.4 is 5.69 Å². The molecule has 5 heteroatoms. The fourth-order valence-corrected chi connectivity index (χ4v) is 5.38. The second kappa shape index (κ2) is 8.03. The fourth-order valence-electron chi connectivity index (χ4n) is 5.38. The third-order valence-electron chi connectivity index (χ3n) is 6.93. The van der Waals surface area contributed by atoms with Crippen LogP contribution in [0.15, 0.2) is 23.0 Å². The van der Waals surface area contributed by atoms with Gasteiger partial charge in [0.15, 0.2) is 0 Å². The molecule has 0 spiro atoms.